The lowest BCUT2D eigenvalue weighted by Gasteiger charge is -2.37. The fourth-order valence-corrected chi connectivity index (χ4v) is 2.99. The van der Waals surface area contributed by atoms with Gasteiger partial charge in [-0.05, 0) is 30.5 Å². The van der Waals surface area contributed by atoms with Gasteiger partial charge in [0.2, 0.25) is 11.8 Å². The van der Waals surface area contributed by atoms with Gasteiger partial charge in [-0.2, -0.15) is 0 Å². The van der Waals surface area contributed by atoms with Crippen LogP contribution >= 0.6 is 0 Å². The van der Waals surface area contributed by atoms with Crippen molar-refractivity contribution in [3.8, 4) is 0 Å². The zero-order chi connectivity index (χ0) is 19.3. The smallest absolute Gasteiger partial charge is 0.322 e. The van der Waals surface area contributed by atoms with E-state index < -0.39 is 6.04 Å². The zero-order valence-electron chi connectivity index (χ0n) is 15.6. The van der Waals surface area contributed by atoms with Gasteiger partial charge in [0.05, 0.1) is 0 Å². The number of nitrogens with zero attached hydrogens (tertiary/aromatic N) is 1. The van der Waals surface area contributed by atoms with Gasteiger partial charge in [-0.3, -0.25) is 9.59 Å². The van der Waals surface area contributed by atoms with Gasteiger partial charge in [-0.1, -0.05) is 19.9 Å². The second-order valence-corrected chi connectivity index (χ2v) is 6.56. The normalized spacial score (nSPS) is 17.0. The lowest BCUT2D eigenvalue weighted by molar-refractivity contribution is -0.129. The second-order valence-electron chi connectivity index (χ2n) is 6.56. The number of carbonyl (C=O) groups is 3. The maximum atomic E-state index is 12.7. The molecule has 8 heteroatoms. The van der Waals surface area contributed by atoms with E-state index in [-0.39, 0.29) is 30.4 Å². The third kappa shape index (κ3) is 4.51. The van der Waals surface area contributed by atoms with E-state index in [9.17, 15) is 14.4 Å². The van der Waals surface area contributed by atoms with E-state index in [2.05, 4.69) is 16.0 Å². The summed E-state index contributed by atoms with van der Waals surface area (Å²) in [7, 11) is 1.45. The first-order valence-corrected chi connectivity index (χ1v) is 8.59. The number of ether oxygens (including phenoxy) is 1. The molecule has 1 saturated heterocycles. The molecule has 3 N–H and O–H groups in total. The Hall–Kier alpha value is -2.61. The average Bonchev–Trinajstić information content (AvgIpc) is 2.58. The lowest BCUT2D eigenvalue weighted by atomic mass is 10.00. The molecule has 1 fully saturated rings. The summed E-state index contributed by atoms with van der Waals surface area (Å²) in [6.45, 7) is 6.46. The average molecular weight is 362 g/mol. The molecule has 1 unspecified atom stereocenters. The van der Waals surface area contributed by atoms with Crippen LogP contribution in [0, 0.1) is 12.8 Å². The maximum absolute atomic E-state index is 12.7. The van der Waals surface area contributed by atoms with E-state index in [4.69, 9.17) is 4.74 Å². The van der Waals surface area contributed by atoms with E-state index in [0.29, 0.717) is 24.5 Å². The van der Waals surface area contributed by atoms with Crippen LogP contribution in [0.4, 0.5) is 16.2 Å². The molecule has 0 spiro atoms. The van der Waals surface area contributed by atoms with Crippen LogP contribution in [0.2, 0.25) is 0 Å². The van der Waals surface area contributed by atoms with Gasteiger partial charge < -0.3 is 25.6 Å². The predicted molar refractivity (Wildman–Crippen MR) is 99.0 cm³/mol. The maximum Gasteiger partial charge on any atom is 0.322 e. The van der Waals surface area contributed by atoms with Crippen LogP contribution < -0.4 is 16.0 Å². The SMILES string of the molecule is COCC(=O)Nc1cccc(NC(=O)N2CCNC(=O)C2C(C)C)c1C. The highest BCUT2D eigenvalue weighted by molar-refractivity contribution is 5.97. The van der Waals surface area contributed by atoms with Crippen LogP contribution in [0.15, 0.2) is 18.2 Å². The lowest BCUT2D eigenvalue weighted by Crippen LogP contribution is -2.60. The molecule has 1 atom stereocenters. The molecule has 26 heavy (non-hydrogen) atoms. The van der Waals surface area contributed by atoms with Crippen molar-refractivity contribution in [1.29, 1.82) is 0 Å². The molecule has 0 aliphatic carbocycles. The van der Waals surface area contributed by atoms with Gasteiger partial charge >= 0.3 is 6.03 Å². The summed E-state index contributed by atoms with van der Waals surface area (Å²) in [6, 6.07) is 4.42. The Kier molecular flexibility index (Phi) is 6.57. The molecule has 1 aromatic carbocycles. The number of piperazine rings is 1. The van der Waals surface area contributed by atoms with Crippen LogP contribution in [0.25, 0.3) is 0 Å². The number of carbonyl (C=O) groups excluding carboxylic acids is 3. The van der Waals surface area contributed by atoms with Gasteiger partial charge in [0.25, 0.3) is 0 Å². The fraction of sp³-hybridized carbons (Fsp3) is 0.500. The molecule has 1 aliphatic heterocycles. The molecule has 1 aliphatic rings. The number of urea groups is 1. The minimum Gasteiger partial charge on any atom is -0.375 e. The molecule has 1 aromatic rings. The minimum absolute atomic E-state index is 0.00168. The summed E-state index contributed by atoms with van der Waals surface area (Å²) in [5, 5.41) is 8.40. The van der Waals surface area contributed by atoms with Crippen molar-refractivity contribution in [3.63, 3.8) is 0 Å². The van der Waals surface area contributed by atoms with Gasteiger partial charge in [0.1, 0.15) is 12.6 Å². The Bertz CT molecular complexity index is 690. The molecule has 1 heterocycles. The Morgan fingerprint density at radius 2 is 1.96 bits per heavy atom. The molecule has 142 valence electrons. The molecule has 0 saturated carbocycles. The molecule has 4 amide bonds. The van der Waals surface area contributed by atoms with Gasteiger partial charge in [0.15, 0.2) is 0 Å². The number of amides is 4. The van der Waals surface area contributed by atoms with E-state index in [1.165, 1.54) is 7.11 Å². The molecular weight excluding hydrogens is 336 g/mol. The van der Waals surface area contributed by atoms with Crippen molar-refractivity contribution in [2.24, 2.45) is 5.92 Å². The first kappa shape index (κ1) is 19.7. The standard InChI is InChI=1S/C18H26N4O4/c1-11(2)16-17(24)19-8-9-22(16)18(25)21-14-7-5-6-13(12(14)3)20-15(23)10-26-4/h5-7,11,16H,8-10H2,1-4H3,(H,19,24)(H,20,23)(H,21,25). The van der Waals surface area contributed by atoms with E-state index >= 15 is 0 Å². The fourth-order valence-electron chi connectivity index (χ4n) is 2.99. The number of anilines is 2. The van der Waals surface area contributed by atoms with Crippen molar-refractivity contribution >= 4 is 29.2 Å². The number of nitrogens with one attached hydrogen (secondary N) is 3. The van der Waals surface area contributed by atoms with Crippen LogP contribution in [-0.4, -0.2) is 55.6 Å². The van der Waals surface area contributed by atoms with Crippen LogP contribution in [0.3, 0.4) is 0 Å². The molecule has 0 radical (unpaired) electrons. The Balaban J connectivity index is 2.15. The van der Waals surface area contributed by atoms with Gasteiger partial charge in [-0.25, -0.2) is 4.79 Å². The minimum atomic E-state index is -0.506. The van der Waals surface area contributed by atoms with Crippen LogP contribution in [0.1, 0.15) is 19.4 Å². The number of rotatable bonds is 5. The van der Waals surface area contributed by atoms with Crippen LogP contribution in [0.5, 0.6) is 0 Å². The van der Waals surface area contributed by atoms with E-state index in [0.717, 1.165) is 5.56 Å². The van der Waals surface area contributed by atoms with Gasteiger partial charge in [0, 0.05) is 31.6 Å². The highest BCUT2D eigenvalue weighted by Crippen LogP contribution is 2.24. The summed E-state index contributed by atoms with van der Waals surface area (Å²) < 4.78 is 4.81. The first-order valence-electron chi connectivity index (χ1n) is 8.59. The number of methoxy groups -OCH3 is 1. The third-order valence-corrected chi connectivity index (χ3v) is 4.27. The van der Waals surface area contributed by atoms with E-state index in [1.807, 2.05) is 13.8 Å². The van der Waals surface area contributed by atoms with Crippen molar-refractivity contribution in [2.45, 2.75) is 26.8 Å². The Labute approximate surface area is 153 Å². The summed E-state index contributed by atoms with van der Waals surface area (Å²) in [5.41, 5.74) is 1.91. The summed E-state index contributed by atoms with van der Waals surface area (Å²) >= 11 is 0. The Morgan fingerprint density at radius 1 is 1.31 bits per heavy atom. The van der Waals surface area contributed by atoms with E-state index in [1.54, 1.807) is 30.0 Å². The van der Waals surface area contributed by atoms with Gasteiger partial charge in [-0.15, -0.1) is 0 Å². The zero-order valence-corrected chi connectivity index (χ0v) is 15.6. The third-order valence-electron chi connectivity index (χ3n) is 4.27. The Morgan fingerprint density at radius 3 is 2.58 bits per heavy atom. The second kappa shape index (κ2) is 8.66. The monoisotopic (exact) mass is 362 g/mol. The molecule has 8 nitrogen and oxygen atoms in total. The number of benzene rings is 1. The molecular formula is C18H26N4O4. The first-order chi connectivity index (χ1) is 12.3. The molecule has 0 aromatic heterocycles. The summed E-state index contributed by atoms with van der Waals surface area (Å²) in [6.07, 6.45) is 0. The quantitative estimate of drug-likeness (QED) is 0.740. The van der Waals surface area contributed by atoms with Crippen molar-refractivity contribution < 1.29 is 19.1 Å². The van der Waals surface area contributed by atoms with Crippen molar-refractivity contribution in [3.05, 3.63) is 23.8 Å². The predicted octanol–water partition coefficient (Wildman–Crippen LogP) is 1.57. The highest BCUT2D eigenvalue weighted by atomic mass is 16.5. The van der Waals surface area contributed by atoms with Crippen LogP contribution in [-0.2, 0) is 14.3 Å². The number of hydrogen-bond donors (Lipinski definition) is 3. The molecule has 2 rings (SSSR count). The highest BCUT2D eigenvalue weighted by Gasteiger charge is 2.35. The number of hydrogen-bond acceptors (Lipinski definition) is 4. The topological polar surface area (TPSA) is 99.8 Å². The largest absolute Gasteiger partial charge is 0.375 e. The summed E-state index contributed by atoms with van der Waals surface area (Å²) in [4.78, 5) is 38.1. The van der Waals surface area contributed by atoms with Crippen molar-refractivity contribution in [1.82, 2.24) is 10.2 Å². The van der Waals surface area contributed by atoms with Crippen molar-refractivity contribution in [2.75, 3.05) is 37.4 Å². The summed E-state index contributed by atoms with van der Waals surface area (Å²) in [5.74, 6) is -0.410. The molecule has 0 bridgehead atoms.